The third-order valence-corrected chi connectivity index (χ3v) is 4.17. The molecule has 21 heavy (non-hydrogen) atoms. The predicted octanol–water partition coefficient (Wildman–Crippen LogP) is 0.307. The molecular weight excluding hydrogens is 298 g/mol. The first kappa shape index (κ1) is 17.6. The smallest absolute Gasteiger partial charge is 0.321 e. The van der Waals surface area contributed by atoms with Crippen LogP contribution in [0.5, 0.6) is 0 Å². The van der Waals surface area contributed by atoms with E-state index in [0.717, 1.165) is 0 Å². The summed E-state index contributed by atoms with van der Waals surface area (Å²) in [7, 11) is -2.38. The van der Waals surface area contributed by atoms with Gasteiger partial charge in [0.25, 0.3) is 0 Å². The SMILES string of the molecule is COCCn1cc(S(=O)(=O)N[C@H](CC(C)C)C(=O)O)cn1. The van der Waals surface area contributed by atoms with Crippen LogP contribution in [-0.2, 0) is 26.1 Å². The lowest BCUT2D eigenvalue weighted by Gasteiger charge is -2.15. The van der Waals surface area contributed by atoms with Gasteiger partial charge in [-0.25, -0.2) is 8.42 Å². The first-order valence-corrected chi connectivity index (χ1v) is 8.01. The second kappa shape index (κ2) is 7.53. The maximum Gasteiger partial charge on any atom is 0.321 e. The number of aliphatic carboxylic acids is 1. The van der Waals surface area contributed by atoms with Gasteiger partial charge in [-0.2, -0.15) is 9.82 Å². The Balaban J connectivity index is 2.84. The van der Waals surface area contributed by atoms with Crippen molar-refractivity contribution >= 4 is 16.0 Å². The van der Waals surface area contributed by atoms with Crippen LogP contribution in [0.4, 0.5) is 0 Å². The van der Waals surface area contributed by atoms with Crippen molar-refractivity contribution in [2.24, 2.45) is 5.92 Å². The van der Waals surface area contributed by atoms with Crippen molar-refractivity contribution < 1.29 is 23.1 Å². The molecule has 1 aromatic rings. The van der Waals surface area contributed by atoms with Crippen molar-refractivity contribution in [2.45, 2.75) is 37.8 Å². The van der Waals surface area contributed by atoms with Crippen LogP contribution in [0.15, 0.2) is 17.3 Å². The molecule has 1 heterocycles. The lowest BCUT2D eigenvalue weighted by Crippen LogP contribution is -2.41. The van der Waals surface area contributed by atoms with Crippen molar-refractivity contribution in [3.63, 3.8) is 0 Å². The summed E-state index contributed by atoms with van der Waals surface area (Å²) in [5.74, 6) is -1.14. The summed E-state index contributed by atoms with van der Waals surface area (Å²) in [4.78, 5) is 11.1. The van der Waals surface area contributed by atoms with Gasteiger partial charge in [-0.15, -0.1) is 0 Å². The molecule has 0 aliphatic rings. The molecule has 1 rings (SSSR count). The van der Waals surface area contributed by atoms with E-state index in [4.69, 9.17) is 9.84 Å². The fourth-order valence-corrected chi connectivity index (χ4v) is 2.87. The second-order valence-electron chi connectivity index (χ2n) is 5.07. The molecule has 0 saturated carbocycles. The number of sulfonamides is 1. The summed E-state index contributed by atoms with van der Waals surface area (Å²) in [6, 6.07) is -1.16. The Kier molecular flexibility index (Phi) is 6.31. The summed E-state index contributed by atoms with van der Waals surface area (Å²) in [6.07, 6.45) is 2.74. The van der Waals surface area contributed by atoms with Crippen LogP contribution in [0.25, 0.3) is 0 Å². The van der Waals surface area contributed by atoms with Gasteiger partial charge in [0.1, 0.15) is 10.9 Å². The van der Waals surface area contributed by atoms with E-state index in [2.05, 4.69) is 9.82 Å². The Hall–Kier alpha value is -1.45. The van der Waals surface area contributed by atoms with Crippen LogP contribution in [0, 0.1) is 5.92 Å². The minimum absolute atomic E-state index is 0.0539. The number of aromatic nitrogens is 2. The summed E-state index contributed by atoms with van der Waals surface area (Å²) in [6.45, 7) is 4.47. The number of ether oxygens (including phenoxy) is 1. The monoisotopic (exact) mass is 319 g/mol. The molecule has 2 N–H and O–H groups in total. The van der Waals surface area contributed by atoms with E-state index < -0.39 is 22.0 Å². The summed E-state index contributed by atoms with van der Waals surface area (Å²) >= 11 is 0. The van der Waals surface area contributed by atoms with Gasteiger partial charge in [0, 0.05) is 13.3 Å². The molecule has 0 aromatic carbocycles. The third-order valence-electron chi connectivity index (χ3n) is 2.75. The molecule has 9 heteroatoms. The molecule has 0 amide bonds. The van der Waals surface area contributed by atoms with Gasteiger partial charge < -0.3 is 9.84 Å². The Bertz CT molecular complexity index is 567. The third kappa shape index (κ3) is 5.44. The topological polar surface area (TPSA) is 111 Å². The minimum Gasteiger partial charge on any atom is -0.480 e. The Morgan fingerprint density at radius 2 is 2.19 bits per heavy atom. The van der Waals surface area contributed by atoms with Gasteiger partial charge in [-0.1, -0.05) is 13.8 Å². The van der Waals surface area contributed by atoms with Crippen molar-refractivity contribution in [2.75, 3.05) is 13.7 Å². The van der Waals surface area contributed by atoms with Gasteiger partial charge in [0.2, 0.25) is 10.0 Å². The number of hydrogen-bond donors (Lipinski definition) is 2. The Morgan fingerprint density at radius 3 is 2.71 bits per heavy atom. The number of carboxylic acids is 1. The van der Waals surface area contributed by atoms with E-state index in [1.165, 1.54) is 24.2 Å². The van der Waals surface area contributed by atoms with Crippen molar-refractivity contribution in [3.8, 4) is 0 Å². The van der Waals surface area contributed by atoms with Gasteiger partial charge in [0.15, 0.2) is 0 Å². The molecule has 1 atom stereocenters. The number of methoxy groups -OCH3 is 1. The summed E-state index contributed by atoms with van der Waals surface area (Å²) < 4.78 is 32.8. The standard InChI is InChI=1S/C12H21N3O5S/c1-9(2)6-11(12(16)17)14-21(18,19)10-7-13-15(8-10)4-5-20-3/h7-9,11,14H,4-6H2,1-3H3,(H,16,17)/t11-/m1/s1. The second-order valence-corrected chi connectivity index (χ2v) is 6.79. The quantitative estimate of drug-likeness (QED) is 0.677. The van der Waals surface area contributed by atoms with E-state index in [-0.39, 0.29) is 17.2 Å². The molecular formula is C12H21N3O5S. The predicted molar refractivity (Wildman–Crippen MR) is 75.3 cm³/mol. The first-order chi connectivity index (χ1) is 9.76. The number of carboxylic acid groups (broad SMARTS) is 1. The molecule has 0 spiro atoms. The van der Waals surface area contributed by atoms with E-state index in [9.17, 15) is 13.2 Å². The highest BCUT2D eigenvalue weighted by molar-refractivity contribution is 7.89. The molecule has 0 fully saturated rings. The fraction of sp³-hybridized carbons (Fsp3) is 0.667. The van der Waals surface area contributed by atoms with Gasteiger partial charge in [-0.3, -0.25) is 9.48 Å². The van der Waals surface area contributed by atoms with Crippen molar-refractivity contribution in [3.05, 3.63) is 12.4 Å². The van der Waals surface area contributed by atoms with Crippen molar-refractivity contribution in [1.82, 2.24) is 14.5 Å². The highest BCUT2D eigenvalue weighted by atomic mass is 32.2. The van der Waals surface area contributed by atoms with E-state index in [1.54, 1.807) is 0 Å². The van der Waals surface area contributed by atoms with E-state index in [0.29, 0.717) is 13.2 Å². The molecule has 8 nitrogen and oxygen atoms in total. The van der Waals surface area contributed by atoms with Crippen LogP contribution in [0.3, 0.4) is 0 Å². The molecule has 0 aliphatic heterocycles. The Labute approximate surface area is 124 Å². The van der Waals surface area contributed by atoms with E-state index in [1.807, 2.05) is 13.8 Å². The zero-order chi connectivity index (χ0) is 16.0. The van der Waals surface area contributed by atoms with Crippen LogP contribution >= 0.6 is 0 Å². The maximum absolute atomic E-state index is 12.2. The van der Waals surface area contributed by atoms with E-state index >= 15 is 0 Å². The summed E-state index contributed by atoms with van der Waals surface area (Å²) in [5, 5.41) is 13.0. The minimum atomic E-state index is -3.91. The summed E-state index contributed by atoms with van der Waals surface area (Å²) in [5.41, 5.74) is 0. The number of nitrogens with one attached hydrogen (secondary N) is 1. The van der Waals surface area contributed by atoms with Crippen molar-refractivity contribution in [1.29, 1.82) is 0 Å². The number of nitrogens with zero attached hydrogens (tertiary/aromatic N) is 2. The fourth-order valence-electron chi connectivity index (χ4n) is 1.72. The molecule has 0 radical (unpaired) electrons. The van der Waals surface area contributed by atoms with Crippen LogP contribution in [0.2, 0.25) is 0 Å². The molecule has 0 bridgehead atoms. The Morgan fingerprint density at radius 1 is 1.52 bits per heavy atom. The van der Waals surface area contributed by atoms with Gasteiger partial charge in [0.05, 0.1) is 19.3 Å². The highest BCUT2D eigenvalue weighted by Gasteiger charge is 2.27. The van der Waals surface area contributed by atoms with Crippen LogP contribution in [-0.4, -0.2) is 49.0 Å². The maximum atomic E-state index is 12.2. The average Bonchev–Trinajstić information content (AvgIpc) is 2.84. The van der Waals surface area contributed by atoms with Gasteiger partial charge >= 0.3 is 5.97 Å². The normalized spacial score (nSPS) is 13.5. The zero-order valence-corrected chi connectivity index (χ0v) is 13.1. The largest absolute Gasteiger partial charge is 0.480 e. The van der Waals surface area contributed by atoms with Crippen LogP contribution < -0.4 is 4.72 Å². The zero-order valence-electron chi connectivity index (χ0n) is 12.3. The number of carbonyl (C=O) groups is 1. The molecule has 120 valence electrons. The lowest BCUT2D eigenvalue weighted by atomic mass is 10.1. The molecule has 1 aromatic heterocycles. The van der Waals surface area contributed by atoms with Gasteiger partial charge in [-0.05, 0) is 12.3 Å². The first-order valence-electron chi connectivity index (χ1n) is 6.52. The number of hydrogen-bond acceptors (Lipinski definition) is 5. The average molecular weight is 319 g/mol. The number of rotatable bonds is 9. The molecule has 0 unspecified atom stereocenters. The molecule has 0 saturated heterocycles. The lowest BCUT2D eigenvalue weighted by molar-refractivity contribution is -0.139. The van der Waals surface area contributed by atoms with Crippen LogP contribution in [0.1, 0.15) is 20.3 Å². The molecule has 0 aliphatic carbocycles. The highest BCUT2D eigenvalue weighted by Crippen LogP contribution is 2.11.